The number of carbonyl (C=O) groups excluding carboxylic acids is 2. The Morgan fingerprint density at radius 3 is 1.52 bits per heavy atom. The quantitative estimate of drug-likeness (QED) is 0.307. The zero-order valence-corrected chi connectivity index (χ0v) is 21.1. The lowest BCUT2D eigenvalue weighted by atomic mass is 10.2. The van der Waals surface area contributed by atoms with E-state index >= 15 is 0 Å². The molecule has 2 amide bonds. The summed E-state index contributed by atoms with van der Waals surface area (Å²) in [6, 6.07) is 17.3. The Kier molecular flexibility index (Phi) is 9.89. The number of nitrogens with zero attached hydrogens (tertiary/aromatic N) is 5. The van der Waals surface area contributed by atoms with Crippen molar-refractivity contribution in [2.24, 2.45) is 0 Å². The van der Waals surface area contributed by atoms with E-state index in [0.717, 1.165) is 18.2 Å². The molecule has 0 unspecified atom stereocenters. The summed E-state index contributed by atoms with van der Waals surface area (Å²) in [5.74, 6) is -0.791. The molecule has 0 aliphatic carbocycles. The maximum Gasteiger partial charge on any atom is 0.272 e. The number of halogens is 1. The number of nitro groups is 3. The van der Waals surface area contributed by atoms with Crippen LogP contribution in [0.3, 0.4) is 0 Å². The summed E-state index contributed by atoms with van der Waals surface area (Å²) >= 11 is 0. The van der Waals surface area contributed by atoms with Gasteiger partial charge in [-0.05, 0) is 31.0 Å². The number of carbonyl (C=O) groups is 2. The summed E-state index contributed by atoms with van der Waals surface area (Å²) in [6.07, 6.45) is 2.51. The molecule has 40 heavy (non-hydrogen) atoms. The van der Waals surface area contributed by atoms with Crippen LogP contribution in [-0.2, 0) is 9.59 Å². The summed E-state index contributed by atoms with van der Waals surface area (Å²) < 4.78 is 13.5. The predicted octanol–water partition coefficient (Wildman–Crippen LogP) is 5.18. The van der Waals surface area contributed by atoms with Gasteiger partial charge in [-0.1, -0.05) is 18.2 Å². The highest BCUT2D eigenvalue weighted by Crippen LogP contribution is 2.27. The van der Waals surface area contributed by atoms with Gasteiger partial charge in [-0.3, -0.25) is 39.9 Å². The van der Waals surface area contributed by atoms with E-state index in [4.69, 9.17) is 0 Å². The Bertz CT molecular complexity index is 1400. The van der Waals surface area contributed by atoms with E-state index in [-0.39, 0.29) is 34.6 Å². The van der Waals surface area contributed by atoms with Crippen molar-refractivity contribution in [1.29, 1.82) is 0 Å². The fourth-order valence-electron chi connectivity index (χ4n) is 3.96. The van der Waals surface area contributed by atoms with Crippen LogP contribution in [-0.4, -0.2) is 39.7 Å². The third-order valence-corrected chi connectivity index (χ3v) is 5.92. The van der Waals surface area contributed by atoms with Gasteiger partial charge in [0.2, 0.25) is 11.8 Å². The van der Waals surface area contributed by atoms with Gasteiger partial charge in [0.15, 0.2) is 5.82 Å². The molecule has 208 valence electrons. The van der Waals surface area contributed by atoms with E-state index in [2.05, 4.69) is 0 Å². The molecular weight excluding hydrogens is 529 g/mol. The number of nitro benzene ring substituents is 3. The van der Waals surface area contributed by atoms with E-state index in [1.807, 2.05) is 0 Å². The second-order valence-corrected chi connectivity index (χ2v) is 8.56. The predicted molar refractivity (Wildman–Crippen MR) is 142 cm³/mol. The third-order valence-electron chi connectivity index (χ3n) is 5.92. The molecule has 2 aliphatic heterocycles. The van der Waals surface area contributed by atoms with E-state index in [1.165, 1.54) is 41.3 Å². The normalized spacial score (nSPS) is 14.1. The largest absolute Gasteiger partial charge is 0.312 e. The lowest BCUT2D eigenvalue weighted by Crippen LogP contribution is -2.24. The fourth-order valence-corrected chi connectivity index (χ4v) is 3.96. The first-order valence-corrected chi connectivity index (χ1v) is 12.1. The molecule has 0 aromatic heterocycles. The summed E-state index contributed by atoms with van der Waals surface area (Å²) in [5, 5.41) is 30.8. The van der Waals surface area contributed by atoms with Crippen molar-refractivity contribution in [2.45, 2.75) is 25.7 Å². The molecule has 0 bridgehead atoms. The van der Waals surface area contributed by atoms with E-state index in [1.54, 1.807) is 35.2 Å². The molecule has 0 radical (unpaired) electrons. The van der Waals surface area contributed by atoms with Gasteiger partial charge >= 0.3 is 0 Å². The van der Waals surface area contributed by atoms with Gasteiger partial charge in [-0.2, -0.15) is 0 Å². The minimum Gasteiger partial charge on any atom is -0.312 e. The molecule has 5 rings (SSSR count). The van der Waals surface area contributed by atoms with Gasteiger partial charge < -0.3 is 9.80 Å². The number of non-ortho nitro benzene ring substituents is 3. The van der Waals surface area contributed by atoms with Crippen LogP contribution in [0.25, 0.3) is 0 Å². The van der Waals surface area contributed by atoms with Gasteiger partial charge in [0, 0.05) is 62.0 Å². The molecule has 2 fully saturated rings. The molecule has 0 spiro atoms. The van der Waals surface area contributed by atoms with Crippen molar-refractivity contribution in [3.63, 3.8) is 0 Å². The van der Waals surface area contributed by atoms with Crippen LogP contribution < -0.4 is 9.80 Å². The zero-order chi connectivity index (χ0) is 29.2. The van der Waals surface area contributed by atoms with Crippen LogP contribution in [0.5, 0.6) is 0 Å². The smallest absolute Gasteiger partial charge is 0.272 e. The second kappa shape index (κ2) is 13.5. The summed E-state index contributed by atoms with van der Waals surface area (Å²) in [5.41, 5.74) is 0.729. The summed E-state index contributed by atoms with van der Waals surface area (Å²) in [4.78, 5) is 55.0. The van der Waals surface area contributed by atoms with Crippen LogP contribution >= 0.6 is 0 Å². The minimum absolute atomic E-state index is 0.0467. The second-order valence-electron chi connectivity index (χ2n) is 8.56. The van der Waals surface area contributed by atoms with Crippen LogP contribution in [0, 0.1) is 36.2 Å². The minimum atomic E-state index is -0.732. The number of amides is 2. The zero-order valence-electron chi connectivity index (χ0n) is 21.1. The topological polar surface area (TPSA) is 170 Å². The molecular formula is C26H24FN5O8. The van der Waals surface area contributed by atoms with E-state index in [0.29, 0.717) is 32.4 Å². The summed E-state index contributed by atoms with van der Waals surface area (Å²) in [7, 11) is 0. The first kappa shape index (κ1) is 29.3. The lowest BCUT2D eigenvalue weighted by Gasteiger charge is -2.15. The van der Waals surface area contributed by atoms with Crippen LogP contribution in [0.1, 0.15) is 25.7 Å². The van der Waals surface area contributed by atoms with Crippen LogP contribution in [0.4, 0.5) is 32.8 Å². The highest BCUT2D eigenvalue weighted by Gasteiger charge is 2.25. The average Bonchev–Trinajstić information content (AvgIpc) is 3.57. The molecule has 0 atom stereocenters. The Morgan fingerprint density at radius 1 is 0.625 bits per heavy atom. The molecule has 3 aromatic rings. The van der Waals surface area contributed by atoms with Crippen molar-refractivity contribution >= 4 is 40.3 Å². The maximum absolute atomic E-state index is 13.5. The number of benzene rings is 3. The van der Waals surface area contributed by atoms with Crippen molar-refractivity contribution in [3.8, 4) is 0 Å². The standard InChI is InChI=1S/C10H9FN2O3.C10H10N2O3.C6H5NO2/c11-8-6-7(13(15)16)3-4-9(8)12-5-1-2-10(12)14;13-10-2-1-7-11(10)8-3-5-9(6-4-8)12(14)15;8-7(9)6-4-2-1-3-5-6/h3-4,6H,1-2,5H2;3-6H,1-2,7H2;1-5H. The van der Waals surface area contributed by atoms with Crippen LogP contribution in [0.15, 0.2) is 72.8 Å². The highest BCUT2D eigenvalue weighted by molar-refractivity contribution is 5.96. The number of rotatable bonds is 5. The number of para-hydroxylation sites is 1. The van der Waals surface area contributed by atoms with Gasteiger partial charge in [0.05, 0.1) is 26.5 Å². The summed E-state index contributed by atoms with van der Waals surface area (Å²) in [6.45, 7) is 1.17. The molecule has 2 saturated heterocycles. The SMILES string of the molecule is O=C1CCCN1c1ccc([N+](=O)[O-])cc1.O=C1CCCN1c1ccc([N+](=O)[O-])cc1F.O=[N+]([O-])c1ccccc1. The first-order chi connectivity index (χ1) is 19.1. The lowest BCUT2D eigenvalue weighted by molar-refractivity contribution is -0.385. The Labute approximate surface area is 226 Å². The molecule has 0 saturated carbocycles. The number of anilines is 2. The number of hydrogen-bond donors (Lipinski definition) is 0. The van der Waals surface area contributed by atoms with Gasteiger partial charge in [-0.25, -0.2) is 4.39 Å². The van der Waals surface area contributed by atoms with Crippen molar-refractivity contribution in [1.82, 2.24) is 0 Å². The van der Waals surface area contributed by atoms with E-state index in [9.17, 15) is 44.3 Å². The van der Waals surface area contributed by atoms with Gasteiger partial charge in [0.25, 0.3) is 17.1 Å². The molecule has 0 N–H and O–H groups in total. The van der Waals surface area contributed by atoms with Crippen molar-refractivity contribution in [2.75, 3.05) is 22.9 Å². The highest BCUT2D eigenvalue weighted by atomic mass is 19.1. The molecule has 2 aliphatic rings. The van der Waals surface area contributed by atoms with Gasteiger partial charge in [-0.15, -0.1) is 0 Å². The molecule has 13 nitrogen and oxygen atoms in total. The Balaban J connectivity index is 0.000000172. The van der Waals surface area contributed by atoms with Gasteiger partial charge in [0.1, 0.15) is 0 Å². The van der Waals surface area contributed by atoms with Crippen molar-refractivity contribution in [3.05, 3.63) is 109 Å². The van der Waals surface area contributed by atoms with E-state index < -0.39 is 20.6 Å². The fraction of sp³-hybridized carbons (Fsp3) is 0.231. The first-order valence-electron chi connectivity index (χ1n) is 12.1. The Morgan fingerprint density at radius 2 is 1.10 bits per heavy atom. The van der Waals surface area contributed by atoms with Crippen LogP contribution in [0.2, 0.25) is 0 Å². The number of hydrogen-bond acceptors (Lipinski definition) is 8. The molecule has 3 aromatic carbocycles. The van der Waals surface area contributed by atoms with Crippen molar-refractivity contribution < 1.29 is 28.7 Å². The third kappa shape index (κ3) is 7.63. The average molecular weight is 554 g/mol. The molecule has 2 heterocycles. The molecule has 14 heteroatoms. The maximum atomic E-state index is 13.5. The Hall–Kier alpha value is -5.27. The monoisotopic (exact) mass is 553 g/mol.